The van der Waals surface area contributed by atoms with Crippen LogP contribution in [-0.4, -0.2) is 21.6 Å². The molecule has 2 aromatic heterocycles. The van der Waals surface area contributed by atoms with Gasteiger partial charge < -0.3 is 0 Å². The summed E-state index contributed by atoms with van der Waals surface area (Å²) in [5.74, 6) is -1.00. The Balaban J connectivity index is 1.82. The Bertz CT molecular complexity index is 1560. The predicted octanol–water partition coefficient (Wildman–Crippen LogP) is 3.48. The first kappa shape index (κ1) is 22.3. The smallest absolute Gasteiger partial charge is 0.295 e. The Labute approximate surface area is 202 Å². The number of amides is 2. The van der Waals surface area contributed by atoms with Gasteiger partial charge in [0.25, 0.3) is 17.2 Å². The molecule has 0 bridgehead atoms. The van der Waals surface area contributed by atoms with E-state index in [2.05, 4.69) is 5.10 Å². The van der Waals surface area contributed by atoms with Crippen LogP contribution in [0, 0.1) is 6.92 Å². The van der Waals surface area contributed by atoms with Crippen molar-refractivity contribution in [3.63, 3.8) is 0 Å². The summed E-state index contributed by atoms with van der Waals surface area (Å²) in [6.07, 6.45) is 4.33. The predicted molar refractivity (Wildman–Crippen MR) is 134 cm³/mol. The van der Waals surface area contributed by atoms with Gasteiger partial charge >= 0.3 is 5.91 Å². The average Bonchev–Trinajstić information content (AvgIpc) is 3.30. The largest absolute Gasteiger partial charge is 0.331 e. The SMILES string of the molecule is CCc1ccc[n+](C2=C(c3c(-c4ccccc4)[nH]n(C)c3=O)C(=O)N(c3cccc(C)c3)C2=O)c1. The number of benzene rings is 2. The number of aromatic amines is 1. The molecule has 1 aliphatic rings. The summed E-state index contributed by atoms with van der Waals surface area (Å²) in [5.41, 5.74) is 3.65. The minimum Gasteiger partial charge on any atom is -0.295 e. The third kappa shape index (κ3) is 3.71. The zero-order valence-electron chi connectivity index (χ0n) is 19.8. The lowest BCUT2D eigenvalue weighted by Gasteiger charge is -2.14. The van der Waals surface area contributed by atoms with Crippen molar-refractivity contribution in [1.82, 2.24) is 9.78 Å². The van der Waals surface area contributed by atoms with Gasteiger partial charge in [-0.05, 0) is 37.1 Å². The standard InChI is InChI=1S/C28H24N4O3/c1-4-19-11-9-15-31(17-19)25-23(27(34)32(28(25)35)21-14-8-10-18(2)16-21)22-24(29-30(3)26(22)33)20-12-6-5-7-13-20/h5-17H,4H2,1-3H3/p+1. The number of pyridine rings is 1. The maximum absolute atomic E-state index is 14.0. The van der Waals surface area contributed by atoms with E-state index in [0.717, 1.165) is 28.0 Å². The minimum absolute atomic E-state index is 0.0791. The highest BCUT2D eigenvalue weighted by atomic mass is 16.2. The molecule has 35 heavy (non-hydrogen) atoms. The molecule has 5 rings (SSSR count). The van der Waals surface area contributed by atoms with Crippen LogP contribution in [0.15, 0.2) is 83.9 Å². The number of H-pyrrole nitrogens is 1. The number of imide groups is 1. The van der Waals surface area contributed by atoms with Crippen LogP contribution in [0.25, 0.3) is 22.5 Å². The van der Waals surface area contributed by atoms with Gasteiger partial charge in [-0.1, -0.05) is 49.4 Å². The summed E-state index contributed by atoms with van der Waals surface area (Å²) in [6.45, 7) is 3.92. The van der Waals surface area contributed by atoms with E-state index in [0.29, 0.717) is 11.4 Å². The molecule has 3 heterocycles. The molecule has 1 aliphatic heterocycles. The zero-order chi connectivity index (χ0) is 24.7. The second-order valence-corrected chi connectivity index (χ2v) is 8.57. The Hall–Kier alpha value is -4.52. The van der Waals surface area contributed by atoms with Gasteiger partial charge in [0.05, 0.1) is 16.9 Å². The van der Waals surface area contributed by atoms with Crippen LogP contribution in [0.3, 0.4) is 0 Å². The van der Waals surface area contributed by atoms with Crippen LogP contribution in [0.5, 0.6) is 0 Å². The average molecular weight is 466 g/mol. The van der Waals surface area contributed by atoms with Crippen LogP contribution >= 0.6 is 0 Å². The maximum atomic E-state index is 14.0. The molecule has 0 spiro atoms. The molecule has 2 aromatic carbocycles. The van der Waals surface area contributed by atoms with E-state index >= 15 is 0 Å². The zero-order valence-corrected chi connectivity index (χ0v) is 19.8. The van der Waals surface area contributed by atoms with Crippen molar-refractivity contribution in [2.24, 2.45) is 7.05 Å². The molecule has 174 valence electrons. The van der Waals surface area contributed by atoms with Crippen molar-refractivity contribution in [1.29, 1.82) is 0 Å². The van der Waals surface area contributed by atoms with Crippen molar-refractivity contribution in [2.75, 3.05) is 4.90 Å². The van der Waals surface area contributed by atoms with Gasteiger partial charge in [0.15, 0.2) is 12.4 Å². The van der Waals surface area contributed by atoms with Crippen molar-refractivity contribution < 1.29 is 14.2 Å². The van der Waals surface area contributed by atoms with E-state index in [1.54, 1.807) is 36.0 Å². The molecular weight excluding hydrogens is 440 g/mol. The van der Waals surface area contributed by atoms with Crippen LogP contribution < -0.4 is 15.0 Å². The van der Waals surface area contributed by atoms with E-state index in [4.69, 9.17) is 0 Å². The molecule has 7 nitrogen and oxygen atoms in total. The fourth-order valence-corrected chi connectivity index (χ4v) is 4.45. The molecule has 7 heteroatoms. The second-order valence-electron chi connectivity index (χ2n) is 8.57. The van der Waals surface area contributed by atoms with Crippen LogP contribution in [-0.2, 0) is 23.1 Å². The minimum atomic E-state index is -0.529. The lowest BCUT2D eigenvalue weighted by Crippen LogP contribution is -2.40. The summed E-state index contributed by atoms with van der Waals surface area (Å²) < 4.78 is 2.99. The molecule has 0 saturated heterocycles. The van der Waals surface area contributed by atoms with E-state index in [1.807, 2.05) is 68.6 Å². The van der Waals surface area contributed by atoms with Crippen LogP contribution in [0.2, 0.25) is 0 Å². The number of carbonyl (C=O) groups excluding carboxylic acids is 2. The maximum Gasteiger partial charge on any atom is 0.331 e. The number of carbonyl (C=O) groups is 2. The molecule has 2 amide bonds. The summed E-state index contributed by atoms with van der Waals surface area (Å²) >= 11 is 0. The van der Waals surface area contributed by atoms with Gasteiger partial charge in [-0.15, -0.1) is 0 Å². The third-order valence-corrected chi connectivity index (χ3v) is 6.21. The van der Waals surface area contributed by atoms with E-state index in [1.165, 1.54) is 4.68 Å². The highest BCUT2D eigenvalue weighted by Gasteiger charge is 2.48. The number of nitrogens with zero attached hydrogens (tertiary/aromatic N) is 3. The molecule has 0 fully saturated rings. The Kier molecular flexibility index (Phi) is 5.53. The van der Waals surface area contributed by atoms with Crippen molar-refractivity contribution in [2.45, 2.75) is 20.3 Å². The lowest BCUT2D eigenvalue weighted by molar-refractivity contribution is -0.577. The molecule has 0 unspecified atom stereocenters. The molecule has 4 aromatic rings. The number of rotatable bonds is 5. The summed E-state index contributed by atoms with van der Waals surface area (Å²) in [5, 5.41) is 3.08. The molecule has 1 N–H and O–H groups in total. The summed E-state index contributed by atoms with van der Waals surface area (Å²) in [6, 6.07) is 20.3. The number of hydrogen-bond acceptors (Lipinski definition) is 3. The molecule has 0 atom stereocenters. The van der Waals surface area contributed by atoms with Crippen molar-refractivity contribution in [3.05, 3.63) is 106 Å². The molecule has 0 saturated carbocycles. The second kappa shape index (κ2) is 8.68. The fourth-order valence-electron chi connectivity index (χ4n) is 4.45. The van der Waals surface area contributed by atoms with Gasteiger partial charge in [-0.3, -0.25) is 24.2 Å². The molecular formula is C28H25N4O3+. The van der Waals surface area contributed by atoms with Crippen LogP contribution in [0.1, 0.15) is 23.6 Å². The van der Waals surface area contributed by atoms with E-state index in [9.17, 15) is 14.4 Å². The number of aryl methyl sites for hydroxylation is 3. The first-order valence-electron chi connectivity index (χ1n) is 11.5. The molecule has 0 aliphatic carbocycles. The van der Waals surface area contributed by atoms with E-state index in [-0.39, 0.29) is 22.4 Å². The van der Waals surface area contributed by atoms with Crippen molar-refractivity contribution in [3.8, 4) is 11.3 Å². The highest BCUT2D eigenvalue weighted by Crippen LogP contribution is 2.35. The van der Waals surface area contributed by atoms with Crippen LogP contribution in [0.4, 0.5) is 5.69 Å². The number of nitrogens with one attached hydrogen (secondary N) is 1. The van der Waals surface area contributed by atoms with E-state index < -0.39 is 11.8 Å². The summed E-state index contributed by atoms with van der Waals surface area (Å²) in [7, 11) is 1.60. The van der Waals surface area contributed by atoms with Gasteiger partial charge in [-0.2, -0.15) is 4.57 Å². The Morgan fingerprint density at radius 1 is 0.914 bits per heavy atom. The first-order valence-corrected chi connectivity index (χ1v) is 11.5. The Morgan fingerprint density at radius 3 is 2.40 bits per heavy atom. The third-order valence-electron chi connectivity index (χ3n) is 6.21. The molecule has 0 radical (unpaired) electrons. The normalized spacial score (nSPS) is 13.7. The van der Waals surface area contributed by atoms with Gasteiger partial charge in [-0.25, -0.2) is 4.90 Å². The quantitative estimate of drug-likeness (QED) is 0.362. The monoisotopic (exact) mass is 465 g/mol. The number of aromatic nitrogens is 3. The number of anilines is 1. The van der Waals surface area contributed by atoms with Gasteiger partial charge in [0, 0.05) is 24.2 Å². The highest BCUT2D eigenvalue weighted by molar-refractivity contribution is 6.53. The Morgan fingerprint density at radius 2 is 1.69 bits per heavy atom. The fraction of sp³-hybridized carbons (Fsp3) is 0.143. The topological polar surface area (TPSA) is 79.1 Å². The summed E-state index contributed by atoms with van der Waals surface area (Å²) in [4.78, 5) is 42.4. The van der Waals surface area contributed by atoms with Gasteiger partial charge in [0.1, 0.15) is 5.57 Å². The van der Waals surface area contributed by atoms with Gasteiger partial charge in [0.2, 0.25) is 0 Å². The lowest BCUT2D eigenvalue weighted by atomic mass is 10.00. The van der Waals surface area contributed by atoms with Crippen molar-refractivity contribution >= 4 is 28.8 Å². The number of hydrogen-bond donors (Lipinski definition) is 1. The first-order chi connectivity index (χ1) is 16.9.